The fourth-order valence-electron chi connectivity index (χ4n) is 2.39. The number of rotatable bonds is 1. The van der Waals surface area contributed by atoms with Crippen molar-refractivity contribution in [1.82, 2.24) is 0 Å². The Balaban J connectivity index is 2.17. The van der Waals surface area contributed by atoms with Gasteiger partial charge in [0.05, 0.1) is 6.61 Å². The van der Waals surface area contributed by atoms with E-state index in [9.17, 15) is 5.11 Å². The highest BCUT2D eigenvalue weighted by Gasteiger charge is 2.43. The Hall–Kier alpha value is -0.500. The fourth-order valence-corrected chi connectivity index (χ4v) is 2.39. The Kier molecular flexibility index (Phi) is 2.33. The molecule has 2 aliphatic rings. The Morgan fingerprint density at radius 3 is 2.92 bits per heavy atom. The SMILES string of the molecule is CC1CCCC1(O)C1=CCCCO1. The van der Waals surface area contributed by atoms with Crippen LogP contribution in [0.15, 0.2) is 11.8 Å². The van der Waals surface area contributed by atoms with Gasteiger partial charge >= 0.3 is 0 Å². The van der Waals surface area contributed by atoms with Crippen molar-refractivity contribution < 1.29 is 9.84 Å². The van der Waals surface area contributed by atoms with Crippen molar-refractivity contribution in [3.63, 3.8) is 0 Å². The molecule has 0 spiro atoms. The van der Waals surface area contributed by atoms with Crippen molar-refractivity contribution in [2.75, 3.05) is 6.61 Å². The van der Waals surface area contributed by atoms with Crippen LogP contribution in [0.2, 0.25) is 0 Å². The molecule has 1 heterocycles. The van der Waals surface area contributed by atoms with Gasteiger partial charge < -0.3 is 9.84 Å². The van der Waals surface area contributed by atoms with E-state index < -0.39 is 5.60 Å². The summed E-state index contributed by atoms with van der Waals surface area (Å²) in [7, 11) is 0. The molecular weight excluding hydrogens is 164 g/mol. The smallest absolute Gasteiger partial charge is 0.124 e. The third-order valence-corrected chi connectivity index (χ3v) is 3.37. The second kappa shape index (κ2) is 3.33. The summed E-state index contributed by atoms with van der Waals surface area (Å²) in [6, 6.07) is 0. The normalized spacial score (nSPS) is 39.8. The molecule has 1 saturated carbocycles. The summed E-state index contributed by atoms with van der Waals surface area (Å²) in [6.45, 7) is 2.90. The van der Waals surface area contributed by atoms with Gasteiger partial charge in [0.25, 0.3) is 0 Å². The van der Waals surface area contributed by atoms with E-state index in [0.29, 0.717) is 5.92 Å². The van der Waals surface area contributed by atoms with Crippen LogP contribution in [0.4, 0.5) is 0 Å². The highest BCUT2D eigenvalue weighted by molar-refractivity contribution is 5.15. The molecule has 2 atom stereocenters. The predicted molar refractivity (Wildman–Crippen MR) is 51.2 cm³/mol. The van der Waals surface area contributed by atoms with E-state index in [-0.39, 0.29) is 0 Å². The van der Waals surface area contributed by atoms with E-state index >= 15 is 0 Å². The van der Waals surface area contributed by atoms with Gasteiger partial charge in [0, 0.05) is 0 Å². The second-order valence-electron chi connectivity index (χ2n) is 4.28. The summed E-state index contributed by atoms with van der Waals surface area (Å²) in [4.78, 5) is 0. The maximum atomic E-state index is 10.4. The first-order chi connectivity index (χ1) is 6.23. The third kappa shape index (κ3) is 1.48. The van der Waals surface area contributed by atoms with Crippen molar-refractivity contribution in [3.05, 3.63) is 11.8 Å². The van der Waals surface area contributed by atoms with Crippen molar-refractivity contribution in [1.29, 1.82) is 0 Å². The summed E-state index contributed by atoms with van der Waals surface area (Å²) < 4.78 is 5.55. The fraction of sp³-hybridized carbons (Fsp3) is 0.818. The molecule has 0 bridgehead atoms. The van der Waals surface area contributed by atoms with Gasteiger partial charge in [-0.3, -0.25) is 0 Å². The monoisotopic (exact) mass is 182 g/mol. The molecule has 1 N–H and O–H groups in total. The van der Waals surface area contributed by atoms with E-state index in [1.54, 1.807) is 0 Å². The number of aliphatic hydroxyl groups is 1. The van der Waals surface area contributed by atoms with Crippen molar-refractivity contribution in [2.45, 2.75) is 44.6 Å². The number of hydrogen-bond donors (Lipinski definition) is 1. The topological polar surface area (TPSA) is 29.5 Å². The van der Waals surface area contributed by atoms with Gasteiger partial charge in [-0.25, -0.2) is 0 Å². The van der Waals surface area contributed by atoms with Crippen molar-refractivity contribution in [2.24, 2.45) is 5.92 Å². The zero-order chi connectivity index (χ0) is 9.31. The van der Waals surface area contributed by atoms with Gasteiger partial charge in [-0.05, 0) is 44.1 Å². The predicted octanol–water partition coefficient (Wildman–Crippen LogP) is 2.23. The van der Waals surface area contributed by atoms with Gasteiger partial charge in [-0.2, -0.15) is 0 Å². The van der Waals surface area contributed by atoms with E-state index in [0.717, 1.165) is 44.5 Å². The van der Waals surface area contributed by atoms with Crippen LogP contribution in [-0.2, 0) is 4.74 Å². The van der Waals surface area contributed by atoms with Crippen molar-refractivity contribution in [3.8, 4) is 0 Å². The van der Waals surface area contributed by atoms with Gasteiger partial charge in [0.2, 0.25) is 0 Å². The molecule has 0 radical (unpaired) electrons. The van der Waals surface area contributed by atoms with Crippen LogP contribution >= 0.6 is 0 Å². The standard InChI is InChI=1S/C11H18O2/c1-9-5-4-7-11(9,12)10-6-2-3-8-13-10/h6,9,12H,2-5,7-8H2,1H3. The van der Waals surface area contributed by atoms with Crippen LogP contribution in [0, 0.1) is 5.92 Å². The molecule has 1 aliphatic heterocycles. The quantitative estimate of drug-likeness (QED) is 0.674. The highest BCUT2D eigenvalue weighted by atomic mass is 16.5. The molecular formula is C11H18O2. The van der Waals surface area contributed by atoms with Crippen LogP contribution in [0.1, 0.15) is 39.0 Å². The van der Waals surface area contributed by atoms with E-state index in [4.69, 9.17) is 4.74 Å². The minimum Gasteiger partial charge on any atom is -0.495 e. The largest absolute Gasteiger partial charge is 0.495 e. The number of allylic oxidation sites excluding steroid dienone is 1. The summed E-state index contributed by atoms with van der Waals surface area (Å²) in [6.07, 6.45) is 7.35. The molecule has 1 fully saturated rings. The molecule has 0 aromatic rings. The maximum absolute atomic E-state index is 10.4. The zero-order valence-corrected chi connectivity index (χ0v) is 8.25. The van der Waals surface area contributed by atoms with Crippen LogP contribution in [0.5, 0.6) is 0 Å². The molecule has 1 aliphatic carbocycles. The molecule has 74 valence electrons. The lowest BCUT2D eigenvalue weighted by molar-refractivity contribution is -0.0187. The lowest BCUT2D eigenvalue weighted by Crippen LogP contribution is -2.36. The van der Waals surface area contributed by atoms with E-state index in [1.165, 1.54) is 0 Å². The number of hydrogen-bond acceptors (Lipinski definition) is 2. The summed E-state index contributed by atoms with van der Waals surface area (Å²) in [5.41, 5.74) is -0.638. The molecule has 0 aromatic heterocycles. The lowest BCUT2D eigenvalue weighted by Gasteiger charge is -2.32. The van der Waals surface area contributed by atoms with E-state index in [1.807, 2.05) is 0 Å². The Morgan fingerprint density at radius 2 is 2.38 bits per heavy atom. The summed E-state index contributed by atoms with van der Waals surface area (Å²) in [5.74, 6) is 1.21. The Morgan fingerprint density at radius 1 is 1.54 bits per heavy atom. The van der Waals surface area contributed by atoms with Gasteiger partial charge in [0.1, 0.15) is 11.4 Å². The zero-order valence-electron chi connectivity index (χ0n) is 8.25. The van der Waals surface area contributed by atoms with E-state index in [2.05, 4.69) is 13.0 Å². The molecule has 0 aromatic carbocycles. The van der Waals surface area contributed by atoms with Gasteiger partial charge in [-0.15, -0.1) is 0 Å². The van der Waals surface area contributed by atoms with Crippen LogP contribution in [0.25, 0.3) is 0 Å². The average molecular weight is 182 g/mol. The Labute approximate surface area is 79.6 Å². The molecule has 2 heteroatoms. The lowest BCUT2D eigenvalue weighted by atomic mass is 9.89. The van der Waals surface area contributed by atoms with Crippen molar-refractivity contribution >= 4 is 0 Å². The number of ether oxygens (including phenoxy) is 1. The first kappa shape index (κ1) is 9.07. The Bertz CT molecular complexity index is 222. The molecule has 2 rings (SSSR count). The molecule has 2 unspecified atom stereocenters. The molecule has 13 heavy (non-hydrogen) atoms. The third-order valence-electron chi connectivity index (χ3n) is 3.37. The first-order valence-corrected chi connectivity index (χ1v) is 5.29. The average Bonchev–Trinajstić information content (AvgIpc) is 2.50. The molecule has 0 amide bonds. The van der Waals surface area contributed by atoms with Gasteiger partial charge in [-0.1, -0.05) is 6.92 Å². The van der Waals surface area contributed by atoms with Crippen LogP contribution in [-0.4, -0.2) is 17.3 Å². The molecule has 0 saturated heterocycles. The minimum atomic E-state index is -0.638. The highest BCUT2D eigenvalue weighted by Crippen LogP contribution is 2.41. The van der Waals surface area contributed by atoms with Crippen LogP contribution in [0.3, 0.4) is 0 Å². The van der Waals surface area contributed by atoms with Crippen LogP contribution < -0.4 is 0 Å². The first-order valence-electron chi connectivity index (χ1n) is 5.29. The summed E-state index contributed by atoms with van der Waals surface area (Å²) >= 11 is 0. The maximum Gasteiger partial charge on any atom is 0.124 e. The minimum absolute atomic E-state index is 0.358. The molecule has 2 nitrogen and oxygen atoms in total. The van der Waals surface area contributed by atoms with Gasteiger partial charge in [0.15, 0.2) is 0 Å². The second-order valence-corrected chi connectivity index (χ2v) is 4.28. The summed E-state index contributed by atoms with van der Waals surface area (Å²) in [5, 5.41) is 10.4.